The summed E-state index contributed by atoms with van der Waals surface area (Å²) in [6, 6.07) is 0.597. The van der Waals surface area contributed by atoms with Gasteiger partial charge in [-0.05, 0) is 38.6 Å². The van der Waals surface area contributed by atoms with E-state index < -0.39 is 0 Å². The second-order valence-corrected chi connectivity index (χ2v) is 4.57. The van der Waals surface area contributed by atoms with E-state index in [-0.39, 0.29) is 0 Å². The molecular formula is C11H20N2O. The number of nitrogens with zero attached hydrogens (tertiary/aromatic N) is 1. The SMILES string of the molecule is CNCCC(=O)N(CC1CC1)C1CC1. The maximum absolute atomic E-state index is 11.8. The highest BCUT2D eigenvalue weighted by Crippen LogP contribution is 2.35. The van der Waals surface area contributed by atoms with E-state index in [0.29, 0.717) is 18.4 Å². The standard InChI is InChI=1S/C11H20N2O/c1-12-7-6-11(14)13(10-4-5-10)8-9-2-3-9/h9-10,12H,2-8H2,1H3. The van der Waals surface area contributed by atoms with Gasteiger partial charge in [0.1, 0.15) is 0 Å². The molecule has 3 nitrogen and oxygen atoms in total. The monoisotopic (exact) mass is 196 g/mol. The Morgan fingerprint density at radius 2 is 2.07 bits per heavy atom. The zero-order valence-electron chi connectivity index (χ0n) is 8.96. The van der Waals surface area contributed by atoms with Gasteiger partial charge < -0.3 is 10.2 Å². The minimum Gasteiger partial charge on any atom is -0.339 e. The molecule has 1 amide bonds. The average Bonchev–Trinajstić information content (AvgIpc) is 3.02. The lowest BCUT2D eigenvalue weighted by Gasteiger charge is -2.22. The van der Waals surface area contributed by atoms with Gasteiger partial charge in [0.2, 0.25) is 5.91 Å². The summed E-state index contributed by atoms with van der Waals surface area (Å²) >= 11 is 0. The predicted octanol–water partition coefficient (Wildman–Crippen LogP) is 0.997. The summed E-state index contributed by atoms with van der Waals surface area (Å²) in [5, 5.41) is 3.03. The van der Waals surface area contributed by atoms with Crippen molar-refractivity contribution in [1.29, 1.82) is 0 Å². The van der Waals surface area contributed by atoms with Crippen molar-refractivity contribution in [2.75, 3.05) is 20.1 Å². The van der Waals surface area contributed by atoms with Crippen molar-refractivity contribution in [3.8, 4) is 0 Å². The largest absolute Gasteiger partial charge is 0.339 e. The first-order valence-corrected chi connectivity index (χ1v) is 5.75. The second kappa shape index (κ2) is 4.30. The summed E-state index contributed by atoms with van der Waals surface area (Å²) < 4.78 is 0. The summed E-state index contributed by atoms with van der Waals surface area (Å²) in [6.45, 7) is 1.85. The third-order valence-corrected chi connectivity index (χ3v) is 3.05. The minimum absolute atomic E-state index is 0.355. The maximum Gasteiger partial charge on any atom is 0.224 e. The lowest BCUT2D eigenvalue weighted by Crippen LogP contribution is -2.36. The Labute approximate surface area is 85.8 Å². The Balaban J connectivity index is 1.78. The molecule has 2 aliphatic carbocycles. The number of hydrogen-bond acceptors (Lipinski definition) is 2. The molecule has 2 fully saturated rings. The lowest BCUT2D eigenvalue weighted by molar-refractivity contribution is -0.131. The first-order chi connectivity index (χ1) is 6.81. The minimum atomic E-state index is 0.355. The van der Waals surface area contributed by atoms with Crippen molar-refractivity contribution < 1.29 is 4.79 Å². The molecule has 2 aliphatic rings. The zero-order valence-corrected chi connectivity index (χ0v) is 8.96. The van der Waals surface area contributed by atoms with Gasteiger partial charge in [0, 0.05) is 25.6 Å². The Kier molecular flexibility index (Phi) is 3.06. The van der Waals surface area contributed by atoms with E-state index >= 15 is 0 Å². The van der Waals surface area contributed by atoms with E-state index in [1.54, 1.807) is 0 Å². The predicted molar refractivity (Wildman–Crippen MR) is 56.0 cm³/mol. The third-order valence-electron chi connectivity index (χ3n) is 3.05. The van der Waals surface area contributed by atoms with Gasteiger partial charge in [-0.15, -0.1) is 0 Å². The van der Waals surface area contributed by atoms with Gasteiger partial charge in [0.05, 0.1) is 0 Å². The fourth-order valence-corrected chi connectivity index (χ4v) is 1.79. The molecule has 0 aliphatic heterocycles. The van der Waals surface area contributed by atoms with E-state index in [9.17, 15) is 4.79 Å². The van der Waals surface area contributed by atoms with Crippen LogP contribution in [0.15, 0.2) is 0 Å². The second-order valence-electron chi connectivity index (χ2n) is 4.57. The number of amides is 1. The van der Waals surface area contributed by atoms with E-state index in [1.165, 1.54) is 25.7 Å². The summed E-state index contributed by atoms with van der Waals surface area (Å²) in [6.07, 6.45) is 5.81. The Bertz CT molecular complexity index is 209. The summed E-state index contributed by atoms with van der Waals surface area (Å²) in [7, 11) is 1.90. The molecular weight excluding hydrogens is 176 g/mol. The Hall–Kier alpha value is -0.570. The molecule has 0 aromatic heterocycles. The van der Waals surface area contributed by atoms with Crippen LogP contribution in [0.1, 0.15) is 32.1 Å². The van der Waals surface area contributed by atoms with E-state index in [1.807, 2.05) is 7.05 Å². The van der Waals surface area contributed by atoms with Gasteiger partial charge in [-0.25, -0.2) is 0 Å². The molecule has 80 valence electrons. The molecule has 0 aromatic rings. The van der Waals surface area contributed by atoms with Crippen LogP contribution in [-0.4, -0.2) is 37.0 Å². The molecule has 0 unspecified atom stereocenters. The number of hydrogen-bond donors (Lipinski definition) is 1. The molecule has 0 atom stereocenters. The van der Waals surface area contributed by atoms with Crippen LogP contribution >= 0.6 is 0 Å². The molecule has 0 radical (unpaired) electrons. The molecule has 2 rings (SSSR count). The van der Waals surface area contributed by atoms with Crippen molar-refractivity contribution in [3.63, 3.8) is 0 Å². The molecule has 0 spiro atoms. The lowest BCUT2D eigenvalue weighted by atomic mass is 10.3. The fraction of sp³-hybridized carbons (Fsp3) is 0.909. The zero-order chi connectivity index (χ0) is 9.97. The highest BCUT2D eigenvalue weighted by Gasteiger charge is 2.35. The van der Waals surface area contributed by atoms with Crippen molar-refractivity contribution in [3.05, 3.63) is 0 Å². The Morgan fingerprint density at radius 1 is 1.36 bits per heavy atom. The summed E-state index contributed by atoms with van der Waals surface area (Å²) in [5.41, 5.74) is 0. The normalized spacial score (nSPS) is 20.9. The molecule has 3 heteroatoms. The molecule has 1 N–H and O–H groups in total. The van der Waals surface area contributed by atoms with Crippen LogP contribution < -0.4 is 5.32 Å². The van der Waals surface area contributed by atoms with Crippen LogP contribution in [0.25, 0.3) is 0 Å². The Morgan fingerprint density at radius 3 is 2.57 bits per heavy atom. The van der Waals surface area contributed by atoms with Gasteiger partial charge in [0.25, 0.3) is 0 Å². The quantitative estimate of drug-likeness (QED) is 0.687. The van der Waals surface area contributed by atoms with E-state index in [2.05, 4.69) is 10.2 Å². The first-order valence-electron chi connectivity index (χ1n) is 5.75. The number of carbonyl (C=O) groups is 1. The number of carbonyl (C=O) groups excluding carboxylic acids is 1. The van der Waals surface area contributed by atoms with Crippen LogP contribution in [0.2, 0.25) is 0 Å². The van der Waals surface area contributed by atoms with E-state index in [0.717, 1.165) is 19.0 Å². The molecule has 2 saturated carbocycles. The van der Waals surface area contributed by atoms with Gasteiger partial charge in [-0.1, -0.05) is 0 Å². The van der Waals surface area contributed by atoms with Crippen LogP contribution in [0.3, 0.4) is 0 Å². The van der Waals surface area contributed by atoms with E-state index in [4.69, 9.17) is 0 Å². The van der Waals surface area contributed by atoms with Gasteiger partial charge >= 0.3 is 0 Å². The van der Waals surface area contributed by atoms with Crippen molar-refractivity contribution in [1.82, 2.24) is 10.2 Å². The molecule has 14 heavy (non-hydrogen) atoms. The third kappa shape index (κ3) is 2.71. The van der Waals surface area contributed by atoms with Crippen molar-refractivity contribution in [2.24, 2.45) is 5.92 Å². The molecule has 0 aromatic carbocycles. The fourth-order valence-electron chi connectivity index (χ4n) is 1.79. The van der Waals surface area contributed by atoms with Crippen LogP contribution in [0.4, 0.5) is 0 Å². The van der Waals surface area contributed by atoms with Gasteiger partial charge in [-0.3, -0.25) is 4.79 Å². The maximum atomic E-state index is 11.8. The van der Waals surface area contributed by atoms with Crippen molar-refractivity contribution in [2.45, 2.75) is 38.1 Å². The van der Waals surface area contributed by atoms with Gasteiger partial charge in [0.15, 0.2) is 0 Å². The summed E-state index contributed by atoms with van der Waals surface area (Å²) in [4.78, 5) is 14.0. The number of rotatable bonds is 6. The van der Waals surface area contributed by atoms with Crippen LogP contribution in [-0.2, 0) is 4.79 Å². The molecule has 0 bridgehead atoms. The smallest absolute Gasteiger partial charge is 0.224 e. The van der Waals surface area contributed by atoms with Crippen LogP contribution in [0.5, 0.6) is 0 Å². The topological polar surface area (TPSA) is 32.3 Å². The molecule has 0 heterocycles. The average molecular weight is 196 g/mol. The molecule has 0 saturated heterocycles. The highest BCUT2D eigenvalue weighted by molar-refractivity contribution is 5.77. The summed E-state index contributed by atoms with van der Waals surface area (Å²) in [5.74, 6) is 1.18. The first kappa shape index (κ1) is 9.97. The van der Waals surface area contributed by atoms with Gasteiger partial charge in [-0.2, -0.15) is 0 Å². The van der Waals surface area contributed by atoms with Crippen molar-refractivity contribution >= 4 is 5.91 Å². The van der Waals surface area contributed by atoms with Crippen LogP contribution in [0, 0.1) is 5.92 Å². The number of nitrogens with one attached hydrogen (secondary N) is 1. The highest BCUT2D eigenvalue weighted by atomic mass is 16.2.